The highest BCUT2D eigenvalue weighted by Gasteiger charge is 2.15. The second-order valence-corrected chi connectivity index (χ2v) is 11.2. The SMILES string of the molecule is C=Cc1ccc(CC[Si](C)(C)Cl)cc1. The highest BCUT2D eigenvalue weighted by atomic mass is 35.6. The first-order chi connectivity index (χ1) is 6.51. The second kappa shape index (κ2) is 4.81. The first kappa shape index (κ1) is 11.5. The summed E-state index contributed by atoms with van der Waals surface area (Å²) in [5.41, 5.74) is 2.55. The molecule has 0 radical (unpaired) electrons. The average Bonchev–Trinajstić information content (AvgIpc) is 2.14. The smallest absolute Gasteiger partial charge is 0.150 e. The van der Waals surface area contributed by atoms with E-state index < -0.39 is 7.38 Å². The molecule has 2 heteroatoms. The first-order valence-electron chi connectivity index (χ1n) is 4.91. The maximum atomic E-state index is 6.26. The third kappa shape index (κ3) is 4.12. The largest absolute Gasteiger partial charge is 0.168 e. The molecular formula is C12H17ClSi. The molecule has 0 heterocycles. The Kier molecular flexibility index (Phi) is 3.96. The zero-order valence-electron chi connectivity index (χ0n) is 8.89. The molecule has 0 aliphatic carbocycles. The second-order valence-electron chi connectivity index (χ2n) is 4.16. The fraction of sp³-hybridized carbons (Fsp3) is 0.333. The van der Waals surface area contributed by atoms with Gasteiger partial charge < -0.3 is 0 Å². The number of benzene rings is 1. The van der Waals surface area contributed by atoms with Crippen molar-refractivity contribution in [2.45, 2.75) is 25.6 Å². The molecule has 0 fully saturated rings. The number of aryl methyl sites for hydroxylation is 1. The van der Waals surface area contributed by atoms with Crippen LogP contribution in [0.5, 0.6) is 0 Å². The first-order valence-corrected chi connectivity index (χ1v) is 9.13. The Hall–Kier alpha value is -0.533. The van der Waals surface area contributed by atoms with Gasteiger partial charge in [0.15, 0.2) is 7.38 Å². The molecule has 0 amide bonds. The summed E-state index contributed by atoms with van der Waals surface area (Å²) in [5, 5.41) is 0. The van der Waals surface area contributed by atoms with Crippen LogP contribution in [0.25, 0.3) is 6.08 Å². The minimum absolute atomic E-state index is 1.10. The van der Waals surface area contributed by atoms with Crippen LogP contribution >= 0.6 is 11.1 Å². The van der Waals surface area contributed by atoms with Gasteiger partial charge in [-0.1, -0.05) is 50.0 Å². The van der Waals surface area contributed by atoms with Crippen LogP contribution in [0.3, 0.4) is 0 Å². The lowest BCUT2D eigenvalue weighted by Gasteiger charge is -2.12. The Labute approximate surface area is 92.3 Å². The molecule has 0 atom stereocenters. The molecule has 0 saturated carbocycles. The van der Waals surface area contributed by atoms with Crippen LogP contribution in [0.2, 0.25) is 19.1 Å². The van der Waals surface area contributed by atoms with Crippen LogP contribution in [0.1, 0.15) is 11.1 Å². The van der Waals surface area contributed by atoms with E-state index in [2.05, 4.69) is 43.9 Å². The Balaban J connectivity index is 2.56. The zero-order valence-corrected chi connectivity index (χ0v) is 10.6. The number of hydrogen-bond donors (Lipinski definition) is 0. The van der Waals surface area contributed by atoms with Crippen LogP contribution in [-0.4, -0.2) is 7.38 Å². The van der Waals surface area contributed by atoms with E-state index >= 15 is 0 Å². The molecule has 0 aliphatic rings. The third-order valence-corrected chi connectivity index (χ3v) is 4.23. The van der Waals surface area contributed by atoms with E-state index in [1.54, 1.807) is 0 Å². The minimum Gasteiger partial charge on any atom is -0.168 e. The summed E-state index contributed by atoms with van der Waals surface area (Å²) in [6.45, 7) is 8.11. The van der Waals surface area contributed by atoms with Crippen molar-refractivity contribution in [2.24, 2.45) is 0 Å². The number of hydrogen-bond acceptors (Lipinski definition) is 0. The Morgan fingerprint density at radius 1 is 1.29 bits per heavy atom. The topological polar surface area (TPSA) is 0 Å². The quantitative estimate of drug-likeness (QED) is 0.528. The highest BCUT2D eigenvalue weighted by Crippen LogP contribution is 2.18. The fourth-order valence-electron chi connectivity index (χ4n) is 1.26. The van der Waals surface area contributed by atoms with Gasteiger partial charge >= 0.3 is 0 Å². The summed E-state index contributed by atoms with van der Waals surface area (Å²) in [6.07, 6.45) is 2.96. The normalized spacial score (nSPS) is 11.4. The van der Waals surface area contributed by atoms with Gasteiger partial charge in [0, 0.05) is 0 Å². The maximum absolute atomic E-state index is 6.26. The van der Waals surface area contributed by atoms with Crippen LogP contribution in [0.4, 0.5) is 0 Å². The maximum Gasteiger partial charge on any atom is 0.150 e. The summed E-state index contributed by atoms with van der Waals surface area (Å²) in [6, 6.07) is 9.67. The molecule has 0 bridgehead atoms. The molecule has 0 spiro atoms. The van der Waals surface area contributed by atoms with E-state index in [4.69, 9.17) is 11.1 Å². The van der Waals surface area contributed by atoms with E-state index in [1.165, 1.54) is 11.1 Å². The standard InChI is InChI=1S/C12H17ClSi/c1-4-11-5-7-12(8-6-11)9-10-14(2,3)13/h4-8H,1,9-10H2,2-3H3. The highest BCUT2D eigenvalue weighted by molar-refractivity contribution is 7.19. The molecule has 0 aromatic heterocycles. The molecule has 1 aromatic rings. The predicted molar refractivity (Wildman–Crippen MR) is 68.4 cm³/mol. The predicted octanol–water partition coefficient (Wildman–Crippen LogP) is 4.32. The van der Waals surface area contributed by atoms with Crippen molar-refractivity contribution in [3.8, 4) is 0 Å². The van der Waals surface area contributed by atoms with E-state index in [9.17, 15) is 0 Å². The molecule has 1 rings (SSSR count). The van der Waals surface area contributed by atoms with Crippen LogP contribution in [0.15, 0.2) is 30.8 Å². The molecule has 0 saturated heterocycles. The summed E-state index contributed by atoms with van der Waals surface area (Å²) in [7, 11) is -1.41. The summed E-state index contributed by atoms with van der Waals surface area (Å²) in [4.78, 5) is 0. The molecule has 0 N–H and O–H groups in total. The van der Waals surface area contributed by atoms with Crippen LogP contribution in [-0.2, 0) is 6.42 Å². The van der Waals surface area contributed by atoms with Gasteiger partial charge in [0.1, 0.15) is 0 Å². The van der Waals surface area contributed by atoms with E-state index in [0.29, 0.717) is 0 Å². The Morgan fingerprint density at radius 3 is 2.29 bits per heavy atom. The average molecular weight is 225 g/mol. The van der Waals surface area contributed by atoms with Crippen molar-refractivity contribution >= 4 is 24.5 Å². The fourth-order valence-corrected chi connectivity index (χ4v) is 2.43. The van der Waals surface area contributed by atoms with Gasteiger partial charge in [0.25, 0.3) is 0 Å². The molecule has 76 valence electrons. The molecule has 1 aromatic carbocycles. The van der Waals surface area contributed by atoms with Gasteiger partial charge in [-0.05, 0) is 23.6 Å². The van der Waals surface area contributed by atoms with Crippen LogP contribution < -0.4 is 0 Å². The van der Waals surface area contributed by atoms with E-state index in [1.807, 2.05) is 6.08 Å². The monoisotopic (exact) mass is 224 g/mol. The third-order valence-electron chi connectivity index (χ3n) is 2.22. The molecular weight excluding hydrogens is 208 g/mol. The van der Waals surface area contributed by atoms with Crippen LogP contribution in [0, 0.1) is 0 Å². The number of halogens is 1. The van der Waals surface area contributed by atoms with E-state index in [-0.39, 0.29) is 0 Å². The molecule has 0 aliphatic heterocycles. The van der Waals surface area contributed by atoms with Gasteiger partial charge in [0.2, 0.25) is 0 Å². The van der Waals surface area contributed by atoms with Gasteiger partial charge in [-0.25, -0.2) is 0 Å². The van der Waals surface area contributed by atoms with Gasteiger partial charge in [-0.2, -0.15) is 11.1 Å². The lowest BCUT2D eigenvalue weighted by molar-refractivity contribution is 1.11. The van der Waals surface area contributed by atoms with Crippen molar-refractivity contribution in [1.29, 1.82) is 0 Å². The molecule has 14 heavy (non-hydrogen) atoms. The van der Waals surface area contributed by atoms with Crippen molar-refractivity contribution in [1.82, 2.24) is 0 Å². The van der Waals surface area contributed by atoms with Gasteiger partial charge in [-0.3, -0.25) is 0 Å². The van der Waals surface area contributed by atoms with Gasteiger partial charge in [0.05, 0.1) is 0 Å². The molecule has 0 nitrogen and oxygen atoms in total. The Morgan fingerprint density at radius 2 is 1.86 bits per heavy atom. The minimum atomic E-state index is -1.41. The van der Waals surface area contributed by atoms with Crippen molar-refractivity contribution in [2.75, 3.05) is 0 Å². The van der Waals surface area contributed by atoms with Crippen molar-refractivity contribution in [3.63, 3.8) is 0 Å². The number of rotatable bonds is 4. The lowest BCUT2D eigenvalue weighted by Crippen LogP contribution is -2.16. The molecule has 0 unspecified atom stereocenters. The zero-order chi connectivity index (χ0) is 10.6. The summed E-state index contributed by atoms with van der Waals surface area (Å²) < 4.78 is 0. The van der Waals surface area contributed by atoms with Gasteiger partial charge in [-0.15, -0.1) is 0 Å². The summed E-state index contributed by atoms with van der Waals surface area (Å²) in [5.74, 6) is 0. The van der Waals surface area contributed by atoms with Crippen molar-refractivity contribution in [3.05, 3.63) is 42.0 Å². The Bertz CT molecular complexity index is 295. The summed E-state index contributed by atoms with van der Waals surface area (Å²) >= 11 is 6.26. The lowest BCUT2D eigenvalue weighted by atomic mass is 10.1. The van der Waals surface area contributed by atoms with E-state index in [0.717, 1.165) is 12.5 Å². The van der Waals surface area contributed by atoms with Crippen molar-refractivity contribution < 1.29 is 0 Å².